The molecule has 0 bridgehead atoms. The predicted molar refractivity (Wildman–Crippen MR) is 105 cm³/mol. The van der Waals surface area contributed by atoms with Gasteiger partial charge in [-0.05, 0) is 43.7 Å². The molecule has 0 atom stereocenters. The first kappa shape index (κ1) is 19.1. The number of nitrogens with one attached hydrogen (secondary N) is 1. The number of aromatic nitrogens is 2. The van der Waals surface area contributed by atoms with Gasteiger partial charge in [-0.2, -0.15) is 0 Å². The summed E-state index contributed by atoms with van der Waals surface area (Å²) in [5.74, 6) is -0.352. The third kappa shape index (κ3) is 4.54. The highest BCUT2D eigenvalue weighted by atomic mass is 32.2. The Morgan fingerprint density at radius 2 is 1.89 bits per heavy atom. The van der Waals surface area contributed by atoms with Gasteiger partial charge in [-0.1, -0.05) is 36.0 Å². The first-order chi connectivity index (χ1) is 13.0. The average Bonchev–Trinajstić information content (AvgIpc) is 2.65. The Morgan fingerprint density at radius 1 is 1.19 bits per heavy atom. The summed E-state index contributed by atoms with van der Waals surface area (Å²) in [6, 6.07) is 13.1. The number of halogens is 1. The van der Waals surface area contributed by atoms with E-state index in [4.69, 9.17) is 0 Å². The molecule has 3 rings (SSSR count). The predicted octanol–water partition coefficient (Wildman–Crippen LogP) is 3.53. The smallest absolute Gasteiger partial charge is 0.262 e. The van der Waals surface area contributed by atoms with Gasteiger partial charge >= 0.3 is 0 Å². The first-order valence-electron chi connectivity index (χ1n) is 8.61. The monoisotopic (exact) mass is 385 g/mol. The van der Waals surface area contributed by atoms with Crippen LogP contribution in [0, 0.1) is 5.82 Å². The van der Waals surface area contributed by atoms with Crippen molar-refractivity contribution in [3.8, 4) is 0 Å². The first-order valence-corrected chi connectivity index (χ1v) is 9.59. The van der Waals surface area contributed by atoms with Gasteiger partial charge in [-0.3, -0.25) is 14.2 Å². The van der Waals surface area contributed by atoms with Crippen molar-refractivity contribution in [3.63, 3.8) is 0 Å². The zero-order chi connectivity index (χ0) is 19.4. The minimum absolute atomic E-state index is 0.0700. The molecule has 27 heavy (non-hydrogen) atoms. The fourth-order valence-corrected chi connectivity index (χ4v) is 3.62. The molecule has 0 aliphatic carbocycles. The second-order valence-electron chi connectivity index (χ2n) is 6.37. The van der Waals surface area contributed by atoms with Crippen LogP contribution in [0.2, 0.25) is 0 Å². The van der Waals surface area contributed by atoms with E-state index in [-0.39, 0.29) is 29.1 Å². The van der Waals surface area contributed by atoms with Crippen molar-refractivity contribution in [3.05, 3.63) is 70.3 Å². The molecule has 0 saturated carbocycles. The maximum absolute atomic E-state index is 12.9. The van der Waals surface area contributed by atoms with Gasteiger partial charge in [0, 0.05) is 12.6 Å². The third-order valence-corrected chi connectivity index (χ3v) is 4.98. The number of hydrogen-bond acceptors (Lipinski definition) is 4. The Kier molecular flexibility index (Phi) is 5.91. The second-order valence-corrected chi connectivity index (χ2v) is 7.31. The molecule has 0 unspecified atom stereocenters. The second kappa shape index (κ2) is 8.35. The van der Waals surface area contributed by atoms with Gasteiger partial charge in [0.15, 0.2) is 5.16 Å². The number of carbonyl (C=O) groups is 1. The molecule has 3 aromatic rings. The van der Waals surface area contributed by atoms with Crippen molar-refractivity contribution in [2.75, 3.05) is 5.75 Å². The van der Waals surface area contributed by atoms with Crippen LogP contribution >= 0.6 is 11.8 Å². The number of fused-ring (bicyclic) bond motifs is 1. The van der Waals surface area contributed by atoms with Gasteiger partial charge in [0.1, 0.15) is 5.82 Å². The number of para-hydroxylation sites is 1. The van der Waals surface area contributed by atoms with Crippen molar-refractivity contribution < 1.29 is 9.18 Å². The fourth-order valence-electron chi connectivity index (χ4n) is 2.67. The normalized spacial score (nSPS) is 11.1. The molecule has 0 radical (unpaired) electrons. The molecule has 1 N–H and O–H groups in total. The molecule has 140 valence electrons. The van der Waals surface area contributed by atoms with Crippen LogP contribution in [0.25, 0.3) is 10.9 Å². The molecule has 0 saturated heterocycles. The molecular weight excluding hydrogens is 365 g/mol. The Labute approximate surface area is 160 Å². The van der Waals surface area contributed by atoms with Crippen molar-refractivity contribution in [2.24, 2.45) is 0 Å². The summed E-state index contributed by atoms with van der Waals surface area (Å²) >= 11 is 1.23. The summed E-state index contributed by atoms with van der Waals surface area (Å²) in [4.78, 5) is 29.5. The van der Waals surface area contributed by atoms with E-state index in [0.717, 1.165) is 5.56 Å². The van der Waals surface area contributed by atoms with Crippen LogP contribution in [0.3, 0.4) is 0 Å². The third-order valence-electron chi connectivity index (χ3n) is 4.03. The highest BCUT2D eigenvalue weighted by molar-refractivity contribution is 7.99. The number of carbonyl (C=O) groups excluding carboxylic acids is 1. The average molecular weight is 385 g/mol. The molecule has 7 heteroatoms. The molecule has 1 amide bonds. The largest absolute Gasteiger partial charge is 0.351 e. The molecule has 5 nitrogen and oxygen atoms in total. The number of rotatable bonds is 6. The number of hydrogen-bond donors (Lipinski definition) is 1. The van der Waals surface area contributed by atoms with Gasteiger partial charge in [0.05, 0.1) is 16.7 Å². The number of amides is 1. The van der Waals surface area contributed by atoms with E-state index in [0.29, 0.717) is 22.6 Å². The van der Waals surface area contributed by atoms with Crippen LogP contribution in [0.5, 0.6) is 0 Å². The SMILES string of the molecule is CC(C)n1c(SCC(=O)NCc2ccc(F)cc2)nc2ccccc2c1=O. The summed E-state index contributed by atoms with van der Waals surface area (Å²) < 4.78 is 14.5. The lowest BCUT2D eigenvalue weighted by Gasteiger charge is -2.16. The van der Waals surface area contributed by atoms with Crippen molar-refractivity contribution in [1.82, 2.24) is 14.9 Å². The van der Waals surface area contributed by atoms with Crippen LogP contribution in [-0.4, -0.2) is 21.2 Å². The van der Waals surface area contributed by atoms with E-state index in [9.17, 15) is 14.0 Å². The van der Waals surface area contributed by atoms with E-state index in [1.54, 1.807) is 28.8 Å². The highest BCUT2D eigenvalue weighted by Gasteiger charge is 2.15. The molecule has 0 spiro atoms. The topological polar surface area (TPSA) is 64.0 Å². The molecular formula is C20H20FN3O2S. The molecule has 0 aliphatic rings. The van der Waals surface area contributed by atoms with Gasteiger partial charge in [0.25, 0.3) is 5.56 Å². The lowest BCUT2D eigenvalue weighted by molar-refractivity contribution is -0.118. The highest BCUT2D eigenvalue weighted by Crippen LogP contribution is 2.20. The van der Waals surface area contributed by atoms with E-state index >= 15 is 0 Å². The maximum atomic E-state index is 12.9. The van der Waals surface area contributed by atoms with E-state index < -0.39 is 0 Å². The van der Waals surface area contributed by atoms with E-state index in [2.05, 4.69) is 10.3 Å². The zero-order valence-electron chi connectivity index (χ0n) is 15.1. The summed E-state index contributed by atoms with van der Waals surface area (Å²) in [5.41, 5.74) is 1.33. The minimum atomic E-state index is -0.310. The Hall–Kier alpha value is -2.67. The summed E-state index contributed by atoms with van der Waals surface area (Å²) in [6.07, 6.45) is 0. The quantitative estimate of drug-likeness (QED) is 0.521. The van der Waals surface area contributed by atoms with E-state index in [1.165, 1.54) is 23.9 Å². The molecule has 0 fully saturated rings. The number of nitrogens with zero attached hydrogens (tertiary/aromatic N) is 2. The van der Waals surface area contributed by atoms with Gasteiger partial charge in [0.2, 0.25) is 5.91 Å². The van der Waals surface area contributed by atoms with E-state index in [1.807, 2.05) is 26.0 Å². The Bertz CT molecular complexity index is 1020. The van der Waals surface area contributed by atoms with Crippen molar-refractivity contribution in [2.45, 2.75) is 31.6 Å². The van der Waals surface area contributed by atoms with Crippen LogP contribution < -0.4 is 10.9 Å². The molecule has 2 aromatic carbocycles. The molecule has 0 aliphatic heterocycles. The standard InChI is InChI=1S/C20H20FN3O2S/c1-13(2)24-19(26)16-5-3-4-6-17(16)23-20(24)27-12-18(25)22-11-14-7-9-15(21)10-8-14/h3-10,13H,11-12H2,1-2H3,(H,22,25). The van der Waals surface area contributed by atoms with Crippen LogP contribution in [-0.2, 0) is 11.3 Å². The van der Waals surface area contributed by atoms with Gasteiger partial charge in [-0.25, -0.2) is 9.37 Å². The fraction of sp³-hybridized carbons (Fsp3) is 0.250. The molecule has 1 heterocycles. The Balaban J connectivity index is 1.72. The van der Waals surface area contributed by atoms with Crippen LogP contribution in [0.15, 0.2) is 58.5 Å². The minimum Gasteiger partial charge on any atom is -0.351 e. The van der Waals surface area contributed by atoms with Gasteiger partial charge < -0.3 is 5.32 Å². The van der Waals surface area contributed by atoms with Crippen molar-refractivity contribution >= 4 is 28.6 Å². The molecule has 1 aromatic heterocycles. The van der Waals surface area contributed by atoms with Gasteiger partial charge in [-0.15, -0.1) is 0 Å². The van der Waals surface area contributed by atoms with Crippen LogP contribution in [0.1, 0.15) is 25.5 Å². The summed E-state index contributed by atoms with van der Waals surface area (Å²) in [7, 11) is 0. The summed E-state index contributed by atoms with van der Waals surface area (Å²) in [5, 5.41) is 3.88. The van der Waals surface area contributed by atoms with Crippen LogP contribution in [0.4, 0.5) is 4.39 Å². The van der Waals surface area contributed by atoms with Crippen molar-refractivity contribution in [1.29, 1.82) is 0 Å². The lowest BCUT2D eigenvalue weighted by Crippen LogP contribution is -2.27. The number of thioether (sulfide) groups is 1. The zero-order valence-corrected chi connectivity index (χ0v) is 15.9. The maximum Gasteiger partial charge on any atom is 0.262 e. The number of benzene rings is 2. The lowest BCUT2D eigenvalue weighted by atomic mass is 10.2. The summed E-state index contributed by atoms with van der Waals surface area (Å²) in [6.45, 7) is 4.15. The Morgan fingerprint density at radius 3 is 2.59 bits per heavy atom.